The number of rotatable bonds is 9. The summed E-state index contributed by atoms with van der Waals surface area (Å²) in [6, 6.07) is 10.9. The minimum atomic E-state index is -3.51. The second kappa shape index (κ2) is 9.38. The van der Waals surface area contributed by atoms with Gasteiger partial charge >= 0.3 is 0 Å². The molecule has 0 unspecified atom stereocenters. The molecule has 2 aromatic carbocycles. The van der Waals surface area contributed by atoms with Crippen molar-refractivity contribution in [3.05, 3.63) is 48.0 Å². The lowest BCUT2D eigenvalue weighted by atomic mass is 10.2. The van der Waals surface area contributed by atoms with Gasteiger partial charge in [-0.15, -0.1) is 0 Å². The van der Waals surface area contributed by atoms with E-state index in [9.17, 15) is 13.2 Å². The highest BCUT2D eigenvalue weighted by atomic mass is 32.2. The molecule has 0 spiro atoms. The van der Waals surface area contributed by atoms with Crippen LogP contribution in [0.2, 0.25) is 0 Å². The van der Waals surface area contributed by atoms with Crippen molar-refractivity contribution in [1.82, 2.24) is 4.72 Å². The summed E-state index contributed by atoms with van der Waals surface area (Å²) in [6.45, 7) is 2.66. The molecule has 0 heterocycles. The highest BCUT2D eigenvalue weighted by Gasteiger charge is 2.13. The topological polar surface area (TPSA) is 93.7 Å². The number of carbonyl (C=O) groups is 1. The Hall–Kier alpha value is -2.58. The highest BCUT2D eigenvalue weighted by molar-refractivity contribution is 7.89. The average molecular weight is 392 g/mol. The average Bonchev–Trinajstić information content (AvgIpc) is 2.68. The summed E-state index contributed by atoms with van der Waals surface area (Å²) in [4.78, 5) is 12.6. The van der Waals surface area contributed by atoms with Gasteiger partial charge in [-0.1, -0.05) is 13.3 Å². The molecule has 0 bridgehead atoms. The molecule has 0 atom stereocenters. The van der Waals surface area contributed by atoms with Crippen LogP contribution in [0.3, 0.4) is 0 Å². The fourth-order valence-corrected chi connectivity index (χ4v) is 3.02. The Balaban J connectivity index is 2.11. The Morgan fingerprint density at radius 1 is 1.07 bits per heavy atom. The van der Waals surface area contributed by atoms with Crippen LogP contribution in [0.5, 0.6) is 11.5 Å². The van der Waals surface area contributed by atoms with Crippen LogP contribution in [0.15, 0.2) is 47.4 Å². The molecule has 2 rings (SSSR count). The van der Waals surface area contributed by atoms with E-state index >= 15 is 0 Å². The number of methoxy groups -OCH3 is 1. The van der Waals surface area contributed by atoms with Gasteiger partial charge in [0.15, 0.2) is 11.5 Å². The van der Waals surface area contributed by atoms with Crippen LogP contribution in [0.1, 0.15) is 30.1 Å². The number of carbonyl (C=O) groups excluding carboxylic acids is 1. The van der Waals surface area contributed by atoms with Gasteiger partial charge in [0.25, 0.3) is 5.91 Å². The van der Waals surface area contributed by atoms with E-state index in [-0.39, 0.29) is 10.8 Å². The second-order valence-electron chi connectivity index (χ2n) is 5.75. The van der Waals surface area contributed by atoms with Gasteiger partial charge in [0.05, 0.1) is 18.6 Å². The molecule has 0 saturated heterocycles. The van der Waals surface area contributed by atoms with Gasteiger partial charge in [-0.3, -0.25) is 4.79 Å². The van der Waals surface area contributed by atoms with Gasteiger partial charge in [0.1, 0.15) is 0 Å². The van der Waals surface area contributed by atoms with Gasteiger partial charge in [-0.05, 0) is 55.9 Å². The lowest BCUT2D eigenvalue weighted by Gasteiger charge is -2.12. The first-order chi connectivity index (χ1) is 12.9. The Labute approximate surface area is 159 Å². The molecular formula is C19H24N2O5S. The van der Waals surface area contributed by atoms with Crippen LogP contribution in [-0.4, -0.2) is 35.1 Å². The van der Waals surface area contributed by atoms with Crippen LogP contribution < -0.4 is 19.5 Å². The summed E-state index contributed by atoms with van der Waals surface area (Å²) in [5.41, 5.74) is 0.888. The van der Waals surface area contributed by atoms with E-state index in [0.717, 1.165) is 12.8 Å². The van der Waals surface area contributed by atoms with Crippen LogP contribution in [0.25, 0.3) is 0 Å². The normalized spacial score (nSPS) is 11.1. The monoisotopic (exact) mass is 392 g/mol. The lowest BCUT2D eigenvalue weighted by molar-refractivity contribution is 0.102. The van der Waals surface area contributed by atoms with Crippen LogP contribution in [0.4, 0.5) is 5.69 Å². The van der Waals surface area contributed by atoms with Gasteiger partial charge in [-0.25, -0.2) is 13.1 Å². The maximum absolute atomic E-state index is 12.5. The quantitative estimate of drug-likeness (QED) is 0.640. The zero-order valence-electron chi connectivity index (χ0n) is 15.6. The third-order valence-electron chi connectivity index (χ3n) is 3.87. The number of hydrogen-bond donors (Lipinski definition) is 2. The third-order valence-corrected chi connectivity index (χ3v) is 5.30. The predicted molar refractivity (Wildman–Crippen MR) is 104 cm³/mol. The molecule has 0 radical (unpaired) electrons. The maximum atomic E-state index is 12.5. The van der Waals surface area contributed by atoms with E-state index < -0.39 is 10.0 Å². The van der Waals surface area contributed by atoms with E-state index in [1.54, 1.807) is 18.2 Å². The molecule has 0 aliphatic heterocycles. The van der Waals surface area contributed by atoms with E-state index in [0.29, 0.717) is 29.4 Å². The fraction of sp³-hybridized carbons (Fsp3) is 0.316. The van der Waals surface area contributed by atoms with Crippen molar-refractivity contribution in [2.75, 3.05) is 26.1 Å². The minimum absolute atomic E-state index is 0.123. The first kappa shape index (κ1) is 20.7. The molecule has 7 nitrogen and oxygen atoms in total. The van der Waals surface area contributed by atoms with Crippen molar-refractivity contribution in [2.24, 2.45) is 0 Å². The van der Waals surface area contributed by atoms with Crippen molar-refractivity contribution in [3.8, 4) is 11.5 Å². The summed E-state index contributed by atoms with van der Waals surface area (Å²) in [5, 5.41) is 2.73. The maximum Gasteiger partial charge on any atom is 0.255 e. The van der Waals surface area contributed by atoms with Gasteiger partial charge in [-0.2, -0.15) is 0 Å². The van der Waals surface area contributed by atoms with E-state index in [1.807, 2.05) is 0 Å². The van der Waals surface area contributed by atoms with Crippen molar-refractivity contribution in [2.45, 2.75) is 24.7 Å². The highest BCUT2D eigenvalue weighted by Crippen LogP contribution is 2.28. The first-order valence-electron chi connectivity index (χ1n) is 8.57. The largest absolute Gasteiger partial charge is 0.493 e. The van der Waals surface area contributed by atoms with Crippen molar-refractivity contribution < 1.29 is 22.7 Å². The number of hydrogen-bond acceptors (Lipinski definition) is 5. The van der Waals surface area contributed by atoms with Crippen LogP contribution in [0, 0.1) is 0 Å². The summed E-state index contributed by atoms with van der Waals surface area (Å²) in [7, 11) is -0.652. The molecular weight excluding hydrogens is 368 g/mol. The zero-order valence-corrected chi connectivity index (χ0v) is 16.4. The molecule has 0 aliphatic carbocycles. The summed E-state index contributed by atoms with van der Waals surface area (Å²) in [5.74, 6) is 0.732. The number of benzene rings is 2. The van der Waals surface area contributed by atoms with Crippen molar-refractivity contribution >= 4 is 21.6 Å². The Morgan fingerprint density at radius 2 is 1.78 bits per heavy atom. The number of amides is 1. The number of sulfonamides is 1. The molecule has 0 aromatic heterocycles. The van der Waals surface area contributed by atoms with E-state index in [4.69, 9.17) is 9.47 Å². The minimum Gasteiger partial charge on any atom is -0.493 e. The smallest absolute Gasteiger partial charge is 0.255 e. The zero-order chi connectivity index (χ0) is 19.9. The molecule has 146 valence electrons. The molecule has 8 heteroatoms. The van der Waals surface area contributed by atoms with Gasteiger partial charge in [0.2, 0.25) is 10.0 Å². The summed E-state index contributed by atoms with van der Waals surface area (Å²) in [6.07, 6.45) is 1.96. The summed E-state index contributed by atoms with van der Waals surface area (Å²) < 4.78 is 36.7. The lowest BCUT2D eigenvalue weighted by Crippen LogP contribution is -2.18. The molecule has 27 heavy (non-hydrogen) atoms. The molecule has 2 N–H and O–H groups in total. The Bertz CT molecular complexity index is 879. The van der Waals surface area contributed by atoms with Gasteiger partial charge < -0.3 is 14.8 Å². The van der Waals surface area contributed by atoms with Crippen LogP contribution >= 0.6 is 0 Å². The van der Waals surface area contributed by atoms with Gasteiger partial charge in [0, 0.05) is 11.3 Å². The van der Waals surface area contributed by atoms with Crippen molar-refractivity contribution in [1.29, 1.82) is 0 Å². The number of ether oxygens (including phenoxy) is 2. The van der Waals surface area contributed by atoms with Crippen molar-refractivity contribution in [3.63, 3.8) is 0 Å². The number of anilines is 1. The Morgan fingerprint density at radius 3 is 2.37 bits per heavy atom. The van der Waals surface area contributed by atoms with Crippen LogP contribution in [-0.2, 0) is 10.0 Å². The third kappa shape index (κ3) is 5.45. The molecule has 0 saturated carbocycles. The molecule has 1 amide bonds. The van der Waals surface area contributed by atoms with E-state index in [2.05, 4.69) is 17.0 Å². The molecule has 0 aliphatic rings. The van der Waals surface area contributed by atoms with E-state index in [1.165, 1.54) is 38.4 Å². The second-order valence-corrected chi connectivity index (χ2v) is 7.64. The standard InChI is InChI=1S/C19H24N2O5S/c1-4-5-12-26-17-11-6-14(13-18(17)25-3)19(22)21-15-7-9-16(10-8-15)27(23,24)20-2/h6-11,13,20H,4-5,12H2,1-3H3,(H,21,22). The summed E-state index contributed by atoms with van der Waals surface area (Å²) >= 11 is 0. The SMILES string of the molecule is CCCCOc1ccc(C(=O)Nc2ccc(S(=O)(=O)NC)cc2)cc1OC. The number of unbranched alkanes of at least 4 members (excludes halogenated alkanes) is 1. The first-order valence-corrected chi connectivity index (χ1v) is 10.1. The molecule has 0 fully saturated rings. The predicted octanol–water partition coefficient (Wildman–Crippen LogP) is 3.03. The number of nitrogens with one attached hydrogen (secondary N) is 2. The molecule has 2 aromatic rings. The Kier molecular flexibility index (Phi) is 7.20. The fourth-order valence-electron chi connectivity index (χ4n) is 2.29.